The molecule has 5 nitrogen and oxygen atoms in total. The Morgan fingerprint density at radius 1 is 0.812 bits per heavy atom. The second-order valence-corrected chi connectivity index (χ2v) is 8.10. The number of ether oxygens (including phenoxy) is 2. The van der Waals surface area contributed by atoms with E-state index in [1.165, 1.54) is 0 Å². The van der Waals surface area contributed by atoms with Gasteiger partial charge in [-0.3, -0.25) is 4.79 Å². The van der Waals surface area contributed by atoms with Crippen LogP contribution in [0.2, 0.25) is 0 Å². The molecule has 2 aromatic rings. The van der Waals surface area contributed by atoms with E-state index in [4.69, 9.17) is 20.0 Å². The van der Waals surface area contributed by atoms with Crippen LogP contribution in [0.15, 0.2) is 59.7 Å². The highest BCUT2D eigenvalue weighted by Crippen LogP contribution is 2.32. The second-order valence-electron chi connectivity index (χ2n) is 8.10. The van der Waals surface area contributed by atoms with E-state index in [9.17, 15) is 4.79 Å². The van der Waals surface area contributed by atoms with E-state index in [1.807, 2.05) is 72.8 Å². The van der Waals surface area contributed by atoms with E-state index in [0.29, 0.717) is 17.4 Å². The molecule has 1 aliphatic carbocycles. The highest BCUT2D eigenvalue weighted by atomic mass is 16.5. The molecule has 5 heteroatoms. The molecule has 0 radical (unpaired) electrons. The van der Waals surface area contributed by atoms with Gasteiger partial charge in [-0.15, -0.1) is 0 Å². The maximum absolute atomic E-state index is 13.1. The molecule has 0 saturated heterocycles. The van der Waals surface area contributed by atoms with E-state index < -0.39 is 12.2 Å². The number of hydrogen-bond donors (Lipinski definition) is 0. The van der Waals surface area contributed by atoms with Crippen LogP contribution in [-0.4, -0.2) is 18.0 Å². The van der Waals surface area contributed by atoms with Crippen molar-refractivity contribution in [3.05, 3.63) is 70.8 Å². The molecule has 3 atom stereocenters. The number of ketones is 1. The lowest BCUT2D eigenvalue weighted by Gasteiger charge is -2.22. The zero-order valence-electron chi connectivity index (χ0n) is 18.5. The molecule has 3 rings (SSSR count). The van der Waals surface area contributed by atoms with Gasteiger partial charge in [0.2, 0.25) is 0 Å². The minimum absolute atomic E-state index is 0.0694. The van der Waals surface area contributed by atoms with Gasteiger partial charge in [-0.2, -0.15) is 10.5 Å². The van der Waals surface area contributed by atoms with Crippen LogP contribution in [0.3, 0.4) is 0 Å². The number of allylic oxidation sites excluding steroid dienone is 2. The summed E-state index contributed by atoms with van der Waals surface area (Å²) < 4.78 is 11.0. The van der Waals surface area contributed by atoms with E-state index in [-0.39, 0.29) is 5.78 Å². The number of rotatable bonds is 6. The number of carbonyl (C=O) groups is 1. The first kappa shape index (κ1) is 22.8. The molecular weight excluding hydrogens is 400 g/mol. The van der Waals surface area contributed by atoms with E-state index >= 15 is 0 Å². The summed E-state index contributed by atoms with van der Waals surface area (Å²) in [6.07, 6.45) is 4.32. The van der Waals surface area contributed by atoms with Gasteiger partial charge >= 0.3 is 0 Å². The second kappa shape index (κ2) is 10.5. The molecule has 2 aromatic carbocycles. The highest BCUT2D eigenvalue weighted by molar-refractivity contribution is 6.14. The lowest BCUT2D eigenvalue weighted by atomic mass is 9.81. The summed E-state index contributed by atoms with van der Waals surface area (Å²) in [6, 6.07) is 18.9. The van der Waals surface area contributed by atoms with Crippen molar-refractivity contribution in [2.45, 2.75) is 45.8 Å². The van der Waals surface area contributed by atoms with Crippen LogP contribution < -0.4 is 9.47 Å². The van der Waals surface area contributed by atoms with Crippen LogP contribution in [0.4, 0.5) is 0 Å². The Hall–Kier alpha value is -3.83. The minimum Gasteiger partial charge on any atom is -0.476 e. The van der Waals surface area contributed by atoms with Gasteiger partial charge in [0.25, 0.3) is 0 Å². The third-order valence-corrected chi connectivity index (χ3v) is 5.15. The molecule has 3 unspecified atom stereocenters. The van der Waals surface area contributed by atoms with Gasteiger partial charge in [-0.05, 0) is 80.2 Å². The molecule has 0 bridgehead atoms. The lowest BCUT2D eigenvalue weighted by Crippen LogP contribution is -2.18. The Kier molecular flexibility index (Phi) is 7.47. The normalized spacial score (nSPS) is 20.3. The predicted molar refractivity (Wildman–Crippen MR) is 124 cm³/mol. The van der Waals surface area contributed by atoms with Crippen molar-refractivity contribution in [1.82, 2.24) is 0 Å². The van der Waals surface area contributed by atoms with Crippen molar-refractivity contribution in [2.24, 2.45) is 5.92 Å². The first-order valence-corrected chi connectivity index (χ1v) is 10.7. The quantitative estimate of drug-likeness (QED) is 0.551. The number of Topliss-reactive ketones (excluding diaryl/α,β-unsaturated/α-hetero) is 1. The van der Waals surface area contributed by atoms with Gasteiger partial charge in [-0.1, -0.05) is 31.2 Å². The fourth-order valence-corrected chi connectivity index (χ4v) is 3.61. The van der Waals surface area contributed by atoms with Crippen molar-refractivity contribution in [2.75, 3.05) is 0 Å². The highest BCUT2D eigenvalue weighted by Gasteiger charge is 2.25. The van der Waals surface area contributed by atoms with Crippen molar-refractivity contribution >= 4 is 17.9 Å². The summed E-state index contributed by atoms with van der Waals surface area (Å²) in [5.74, 6) is 1.69. The zero-order chi connectivity index (χ0) is 23.1. The van der Waals surface area contributed by atoms with Gasteiger partial charge in [0.15, 0.2) is 18.0 Å². The number of nitrogens with zero attached hydrogens (tertiary/aromatic N) is 2. The topological polar surface area (TPSA) is 83.1 Å². The molecule has 162 valence electrons. The standard InChI is InChI=1S/C27H26N2O3/c1-18-12-23(14-21-4-8-25(9-5-21)31-19(2)16-28)27(30)24(13-18)15-22-6-10-26(11-7-22)32-20(3)17-29/h4-11,14-15,18-20H,12-13H2,1-3H3/b23-14-,24-15+. The van der Waals surface area contributed by atoms with E-state index in [1.54, 1.807) is 13.8 Å². The summed E-state index contributed by atoms with van der Waals surface area (Å²) in [5, 5.41) is 17.7. The summed E-state index contributed by atoms with van der Waals surface area (Å²) in [6.45, 7) is 5.53. The predicted octanol–water partition coefficient (Wildman–Crippen LogP) is 5.73. The summed E-state index contributed by atoms with van der Waals surface area (Å²) in [4.78, 5) is 13.1. The first-order valence-electron chi connectivity index (χ1n) is 10.7. The smallest absolute Gasteiger partial charge is 0.185 e. The largest absolute Gasteiger partial charge is 0.476 e. The van der Waals surface area contributed by atoms with Crippen molar-refractivity contribution < 1.29 is 14.3 Å². The van der Waals surface area contributed by atoms with Gasteiger partial charge in [0.1, 0.15) is 23.6 Å². The molecule has 0 aromatic heterocycles. The van der Waals surface area contributed by atoms with Crippen molar-refractivity contribution in [3.8, 4) is 23.6 Å². The molecule has 0 heterocycles. The Morgan fingerprint density at radius 3 is 1.53 bits per heavy atom. The maximum atomic E-state index is 13.1. The Labute approximate surface area is 189 Å². The average molecular weight is 427 g/mol. The molecule has 1 saturated carbocycles. The zero-order valence-corrected chi connectivity index (χ0v) is 18.5. The molecule has 0 aliphatic heterocycles. The fraction of sp³-hybridized carbons (Fsp3) is 0.296. The molecular formula is C27H26N2O3. The van der Waals surface area contributed by atoms with Gasteiger partial charge < -0.3 is 9.47 Å². The van der Waals surface area contributed by atoms with Gasteiger partial charge in [-0.25, -0.2) is 0 Å². The Balaban J connectivity index is 1.77. The van der Waals surface area contributed by atoms with Crippen LogP contribution >= 0.6 is 0 Å². The minimum atomic E-state index is -0.511. The van der Waals surface area contributed by atoms with Crippen LogP contribution in [0, 0.1) is 28.6 Å². The number of benzene rings is 2. The third kappa shape index (κ3) is 6.09. The number of hydrogen-bond acceptors (Lipinski definition) is 5. The number of nitriles is 2. The molecule has 0 amide bonds. The molecule has 0 N–H and O–H groups in total. The summed E-state index contributed by atoms with van der Waals surface area (Å²) in [5.41, 5.74) is 3.42. The SMILES string of the molecule is CC1C/C(=C/c2ccc(OC(C)C#N)cc2)C(=O)/C(=C/c2ccc(OC(C)C#N)cc2)C1. The Bertz CT molecular complexity index is 1010. The third-order valence-electron chi connectivity index (χ3n) is 5.15. The van der Waals surface area contributed by atoms with Crippen LogP contribution in [0.25, 0.3) is 12.2 Å². The monoisotopic (exact) mass is 426 g/mol. The lowest BCUT2D eigenvalue weighted by molar-refractivity contribution is -0.113. The molecule has 32 heavy (non-hydrogen) atoms. The summed E-state index contributed by atoms with van der Waals surface area (Å²) >= 11 is 0. The van der Waals surface area contributed by atoms with Gasteiger partial charge in [0, 0.05) is 11.1 Å². The van der Waals surface area contributed by atoms with Gasteiger partial charge in [0.05, 0.1) is 0 Å². The van der Waals surface area contributed by atoms with Crippen LogP contribution in [0.1, 0.15) is 44.7 Å². The Morgan fingerprint density at radius 2 is 1.19 bits per heavy atom. The van der Waals surface area contributed by atoms with E-state index in [2.05, 4.69) is 6.92 Å². The van der Waals surface area contributed by atoms with E-state index in [0.717, 1.165) is 35.1 Å². The van der Waals surface area contributed by atoms with Crippen LogP contribution in [-0.2, 0) is 4.79 Å². The van der Waals surface area contributed by atoms with Crippen molar-refractivity contribution in [1.29, 1.82) is 10.5 Å². The maximum Gasteiger partial charge on any atom is 0.185 e. The average Bonchev–Trinajstić information content (AvgIpc) is 2.79. The molecule has 1 fully saturated rings. The summed E-state index contributed by atoms with van der Waals surface area (Å²) in [7, 11) is 0. The van der Waals surface area contributed by atoms with Crippen LogP contribution in [0.5, 0.6) is 11.5 Å². The molecule has 0 spiro atoms. The number of carbonyl (C=O) groups excluding carboxylic acids is 1. The van der Waals surface area contributed by atoms with Crippen molar-refractivity contribution in [3.63, 3.8) is 0 Å². The fourth-order valence-electron chi connectivity index (χ4n) is 3.61. The first-order chi connectivity index (χ1) is 15.4. The molecule has 1 aliphatic rings.